The van der Waals surface area contributed by atoms with E-state index >= 15 is 0 Å². The highest BCUT2D eigenvalue weighted by Crippen LogP contribution is 2.06. The third-order valence-corrected chi connectivity index (χ3v) is 3.08. The van der Waals surface area contributed by atoms with Crippen LogP contribution in [-0.2, 0) is 6.54 Å². The minimum absolute atomic E-state index is 0.521. The summed E-state index contributed by atoms with van der Waals surface area (Å²) in [6.07, 6.45) is 2.98. The van der Waals surface area contributed by atoms with Crippen molar-refractivity contribution >= 4 is 0 Å². The van der Waals surface area contributed by atoms with Crippen LogP contribution < -0.4 is 5.32 Å². The molecule has 0 spiro atoms. The van der Waals surface area contributed by atoms with Crippen molar-refractivity contribution in [2.45, 2.75) is 39.8 Å². The minimum atomic E-state index is 0.521. The maximum atomic E-state index is 5.35. The zero-order valence-corrected chi connectivity index (χ0v) is 11.6. The minimum Gasteiger partial charge on any atom is -0.468 e. The SMILES string of the molecule is CC(C)CCNCC(C)N(C)Cc1ccco1. The van der Waals surface area contributed by atoms with Gasteiger partial charge < -0.3 is 9.73 Å². The van der Waals surface area contributed by atoms with E-state index in [4.69, 9.17) is 4.42 Å². The van der Waals surface area contributed by atoms with Crippen LogP contribution in [0.2, 0.25) is 0 Å². The smallest absolute Gasteiger partial charge is 0.117 e. The van der Waals surface area contributed by atoms with Crippen molar-refractivity contribution in [1.82, 2.24) is 10.2 Å². The van der Waals surface area contributed by atoms with E-state index in [0.29, 0.717) is 6.04 Å². The molecule has 17 heavy (non-hydrogen) atoms. The predicted octanol–water partition coefficient (Wildman–Crippen LogP) is 2.74. The van der Waals surface area contributed by atoms with Gasteiger partial charge in [0.2, 0.25) is 0 Å². The second kappa shape index (κ2) is 7.51. The Morgan fingerprint density at radius 1 is 1.35 bits per heavy atom. The Hall–Kier alpha value is -0.800. The molecule has 0 saturated carbocycles. The molecule has 3 nitrogen and oxygen atoms in total. The van der Waals surface area contributed by atoms with Gasteiger partial charge in [-0.1, -0.05) is 13.8 Å². The van der Waals surface area contributed by atoms with E-state index in [9.17, 15) is 0 Å². The van der Waals surface area contributed by atoms with Crippen LogP contribution in [0.5, 0.6) is 0 Å². The predicted molar refractivity (Wildman–Crippen MR) is 72.0 cm³/mol. The van der Waals surface area contributed by atoms with Crippen molar-refractivity contribution in [3.05, 3.63) is 24.2 Å². The van der Waals surface area contributed by atoms with Gasteiger partial charge in [0.05, 0.1) is 12.8 Å². The van der Waals surface area contributed by atoms with Crippen molar-refractivity contribution in [2.24, 2.45) is 5.92 Å². The van der Waals surface area contributed by atoms with Crippen molar-refractivity contribution in [1.29, 1.82) is 0 Å². The van der Waals surface area contributed by atoms with Gasteiger partial charge in [-0.2, -0.15) is 0 Å². The van der Waals surface area contributed by atoms with Gasteiger partial charge in [0.15, 0.2) is 0 Å². The van der Waals surface area contributed by atoms with Gasteiger partial charge in [-0.25, -0.2) is 0 Å². The highest BCUT2D eigenvalue weighted by atomic mass is 16.3. The third-order valence-electron chi connectivity index (χ3n) is 3.08. The fourth-order valence-electron chi connectivity index (χ4n) is 1.66. The van der Waals surface area contributed by atoms with Crippen LogP contribution in [0.4, 0.5) is 0 Å². The van der Waals surface area contributed by atoms with Crippen molar-refractivity contribution in [3.63, 3.8) is 0 Å². The Labute approximate surface area is 105 Å². The molecule has 1 rings (SSSR count). The molecule has 1 unspecified atom stereocenters. The highest BCUT2D eigenvalue weighted by molar-refractivity contribution is 4.97. The lowest BCUT2D eigenvalue weighted by atomic mass is 10.1. The number of likely N-dealkylation sites (N-methyl/N-ethyl adjacent to an activating group) is 1. The van der Waals surface area contributed by atoms with E-state index in [0.717, 1.165) is 31.3 Å². The number of hydrogen-bond acceptors (Lipinski definition) is 3. The summed E-state index contributed by atoms with van der Waals surface area (Å²) >= 11 is 0. The second-order valence-corrected chi connectivity index (χ2v) is 5.23. The van der Waals surface area contributed by atoms with E-state index in [-0.39, 0.29) is 0 Å². The molecule has 0 bridgehead atoms. The molecule has 1 heterocycles. The monoisotopic (exact) mass is 238 g/mol. The van der Waals surface area contributed by atoms with E-state index in [1.165, 1.54) is 6.42 Å². The first-order valence-corrected chi connectivity index (χ1v) is 6.53. The van der Waals surface area contributed by atoms with Gasteiger partial charge in [-0.05, 0) is 45.0 Å². The Balaban J connectivity index is 2.16. The Kier molecular flexibility index (Phi) is 6.30. The van der Waals surface area contributed by atoms with E-state index in [2.05, 4.69) is 38.0 Å². The molecule has 98 valence electrons. The van der Waals surface area contributed by atoms with Gasteiger partial charge in [0, 0.05) is 12.6 Å². The maximum absolute atomic E-state index is 5.35. The lowest BCUT2D eigenvalue weighted by molar-refractivity contribution is 0.224. The standard InChI is InChI=1S/C14H26N2O/c1-12(2)7-8-15-10-13(3)16(4)11-14-6-5-9-17-14/h5-6,9,12-13,15H,7-8,10-11H2,1-4H3. The number of hydrogen-bond donors (Lipinski definition) is 1. The highest BCUT2D eigenvalue weighted by Gasteiger charge is 2.10. The molecule has 0 radical (unpaired) electrons. The average molecular weight is 238 g/mol. The van der Waals surface area contributed by atoms with Gasteiger partial charge in [0.25, 0.3) is 0 Å². The maximum Gasteiger partial charge on any atom is 0.117 e. The molecule has 0 aliphatic rings. The number of nitrogens with one attached hydrogen (secondary N) is 1. The molecule has 1 N–H and O–H groups in total. The normalized spacial score (nSPS) is 13.5. The van der Waals surface area contributed by atoms with Crippen LogP contribution in [0.3, 0.4) is 0 Å². The van der Waals surface area contributed by atoms with Crippen LogP contribution in [-0.4, -0.2) is 31.1 Å². The van der Waals surface area contributed by atoms with Crippen LogP contribution >= 0.6 is 0 Å². The summed E-state index contributed by atoms with van der Waals surface area (Å²) < 4.78 is 5.35. The van der Waals surface area contributed by atoms with E-state index in [1.54, 1.807) is 6.26 Å². The third kappa shape index (κ3) is 5.89. The average Bonchev–Trinajstić information content (AvgIpc) is 2.76. The number of nitrogens with zero attached hydrogens (tertiary/aromatic N) is 1. The van der Waals surface area contributed by atoms with Gasteiger partial charge in [-0.3, -0.25) is 4.90 Å². The Morgan fingerprint density at radius 2 is 2.12 bits per heavy atom. The topological polar surface area (TPSA) is 28.4 Å². The lowest BCUT2D eigenvalue weighted by Gasteiger charge is -2.24. The molecule has 0 aliphatic heterocycles. The zero-order valence-electron chi connectivity index (χ0n) is 11.6. The number of rotatable bonds is 8. The van der Waals surface area contributed by atoms with Crippen molar-refractivity contribution in [3.8, 4) is 0 Å². The lowest BCUT2D eigenvalue weighted by Crippen LogP contribution is -2.37. The molecular weight excluding hydrogens is 212 g/mol. The molecule has 1 aromatic rings. The first-order chi connectivity index (χ1) is 8.09. The van der Waals surface area contributed by atoms with Gasteiger partial charge in [-0.15, -0.1) is 0 Å². The molecule has 0 amide bonds. The summed E-state index contributed by atoms with van der Waals surface area (Å²) in [6.45, 7) is 9.77. The summed E-state index contributed by atoms with van der Waals surface area (Å²) in [6, 6.07) is 4.48. The van der Waals surface area contributed by atoms with E-state index in [1.807, 2.05) is 12.1 Å². The summed E-state index contributed by atoms with van der Waals surface area (Å²) in [5.41, 5.74) is 0. The summed E-state index contributed by atoms with van der Waals surface area (Å²) in [4.78, 5) is 2.31. The quantitative estimate of drug-likeness (QED) is 0.706. The summed E-state index contributed by atoms with van der Waals surface area (Å²) in [7, 11) is 2.14. The first-order valence-electron chi connectivity index (χ1n) is 6.53. The Bertz CT molecular complexity index is 282. The molecule has 0 fully saturated rings. The molecule has 3 heteroatoms. The summed E-state index contributed by atoms with van der Waals surface area (Å²) in [5, 5.41) is 3.50. The fraction of sp³-hybridized carbons (Fsp3) is 0.714. The van der Waals surface area contributed by atoms with Gasteiger partial charge >= 0.3 is 0 Å². The Morgan fingerprint density at radius 3 is 2.71 bits per heavy atom. The first kappa shape index (κ1) is 14.3. The zero-order chi connectivity index (χ0) is 12.7. The molecule has 0 aliphatic carbocycles. The van der Waals surface area contributed by atoms with E-state index < -0.39 is 0 Å². The molecule has 0 saturated heterocycles. The van der Waals surface area contributed by atoms with Crippen LogP contribution in [0, 0.1) is 5.92 Å². The number of furan rings is 1. The van der Waals surface area contributed by atoms with Crippen molar-refractivity contribution in [2.75, 3.05) is 20.1 Å². The largest absolute Gasteiger partial charge is 0.468 e. The van der Waals surface area contributed by atoms with Crippen LogP contribution in [0.15, 0.2) is 22.8 Å². The van der Waals surface area contributed by atoms with Crippen LogP contribution in [0.1, 0.15) is 33.0 Å². The van der Waals surface area contributed by atoms with Gasteiger partial charge in [0.1, 0.15) is 5.76 Å². The second-order valence-electron chi connectivity index (χ2n) is 5.23. The molecule has 1 aromatic heterocycles. The fourth-order valence-corrected chi connectivity index (χ4v) is 1.66. The molecule has 0 aromatic carbocycles. The van der Waals surface area contributed by atoms with Crippen molar-refractivity contribution < 1.29 is 4.42 Å². The van der Waals surface area contributed by atoms with Crippen LogP contribution in [0.25, 0.3) is 0 Å². The summed E-state index contributed by atoms with van der Waals surface area (Å²) in [5.74, 6) is 1.81. The molecular formula is C14H26N2O. The molecule has 1 atom stereocenters.